The van der Waals surface area contributed by atoms with Crippen LogP contribution in [-0.4, -0.2) is 31.3 Å². The molecule has 2 rings (SSSR count). The topological polar surface area (TPSA) is 53.7 Å². The molecule has 106 valence electrons. The van der Waals surface area contributed by atoms with Gasteiger partial charge in [-0.2, -0.15) is 11.8 Å². The first-order chi connectivity index (χ1) is 9.33. The van der Waals surface area contributed by atoms with Gasteiger partial charge in [0.25, 0.3) is 0 Å². The van der Waals surface area contributed by atoms with E-state index in [-0.39, 0.29) is 0 Å². The number of ether oxygens (including phenoxy) is 2. The molecule has 0 spiro atoms. The van der Waals surface area contributed by atoms with Gasteiger partial charge in [-0.25, -0.2) is 5.90 Å². The third-order valence-electron chi connectivity index (χ3n) is 3.20. The lowest BCUT2D eigenvalue weighted by molar-refractivity contribution is 0.141. The zero-order valence-electron chi connectivity index (χ0n) is 11.3. The molecule has 1 aromatic carbocycles. The van der Waals surface area contributed by atoms with Crippen LogP contribution in [0.2, 0.25) is 0 Å². The molecule has 1 saturated heterocycles. The van der Waals surface area contributed by atoms with Gasteiger partial charge in [-0.15, -0.1) is 0 Å². The standard InChI is InChI=1S/C14H21NO3S/c1-16-13-3-2-11(4-7-17-15)10-14(13)18-12-5-8-19-9-6-12/h2-3,10,12H,4-9,15H2,1H3. The fourth-order valence-corrected chi connectivity index (χ4v) is 3.18. The lowest BCUT2D eigenvalue weighted by atomic mass is 10.1. The smallest absolute Gasteiger partial charge is 0.161 e. The van der Waals surface area contributed by atoms with Crippen molar-refractivity contribution in [1.82, 2.24) is 0 Å². The highest BCUT2D eigenvalue weighted by Crippen LogP contribution is 2.31. The van der Waals surface area contributed by atoms with E-state index in [1.165, 1.54) is 11.5 Å². The maximum Gasteiger partial charge on any atom is 0.161 e. The fourth-order valence-electron chi connectivity index (χ4n) is 2.12. The predicted octanol–water partition coefficient (Wildman–Crippen LogP) is 2.40. The second-order valence-electron chi connectivity index (χ2n) is 4.54. The summed E-state index contributed by atoms with van der Waals surface area (Å²) in [6, 6.07) is 5.99. The molecule has 2 N–H and O–H groups in total. The third kappa shape index (κ3) is 4.30. The summed E-state index contributed by atoms with van der Waals surface area (Å²) in [6.07, 6.45) is 3.28. The molecule has 1 heterocycles. The van der Waals surface area contributed by atoms with Gasteiger partial charge in [0.1, 0.15) is 6.10 Å². The summed E-state index contributed by atoms with van der Waals surface area (Å²) in [5.41, 5.74) is 1.14. The summed E-state index contributed by atoms with van der Waals surface area (Å²) < 4.78 is 11.4. The monoisotopic (exact) mass is 283 g/mol. The summed E-state index contributed by atoms with van der Waals surface area (Å²) in [5, 5.41) is 0. The van der Waals surface area contributed by atoms with Crippen LogP contribution >= 0.6 is 11.8 Å². The Morgan fingerprint density at radius 1 is 1.26 bits per heavy atom. The number of nitrogens with two attached hydrogens (primary N) is 1. The summed E-state index contributed by atoms with van der Waals surface area (Å²) in [4.78, 5) is 4.62. The van der Waals surface area contributed by atoms with Crippen molar-refractivity contribution in [2.75, 3.05) is 25.2 Å². The minimum absolute atomic E-state index is 0.302. The van der Waals surface area contributed by atoms with E-state index in [0.717, 1.165) is 36.3 Å². The molecule has 1 aromatic rings. The predicted molar refractivity (Wildman–Crippen MR) is 77.8 cm³/mol. The largest absolute Gasteiger partial charge is 0.493 e. The van der Waals surface area contributed by atoms with Crippen molar-refractivity contribution in [1.29, 1.82) is 0 Å². The molecular formula is C14H21NO3S. The molecule has 0 radical (unpaired) electrons. The van der Waals surface area contributed by atoms with E-state index in [1.807, 2.05) is 30.0 Å². The number of rotatable bonds is 6. The van der Waals surface area contributed by atoms with Gasteiger partial charge in [0.2, 0.25) is 0 Å². The van der Waals surface area contributed by atoms with E-state index in [2.05, 4.69) is 4.84 Å². The van der Waals surface area contributed by atoms with Crippen molar-refractivity contribution in [3.8, 4) is 11.5 Å². The van der Waals surface area contributed by atoms with Crippen LogP contribution in [0.3, 0.4) is 0 Å². The summed E-state index contributed by atoms with van der Waals surface area (Å²) in [7, 11) is 1.67. The van der Waals surface area contributed by atoms with Crippen LogP contribution < -0.4 is 15.4 Å². The second-order valence-corrected chi connectivity index (χ2v) is 5.76. The molecule has 5 heteroatoms. The van der Waals surface area contributed by atoms with Crippen LogP contribution in [0.15, 0.2) is 18.2 Å². The van der Waals surface area contributed by atoms with Gasteiger partial charge in [0, 0.05) is 0 Å². The van der Waals surface area contributed by atoms with Crippen LogP contribution in [0, 0.1) is 0 Å². The maximum atomic E-state index is 6.09. The Labute approximate surface area is 118 Å². The molecule has 0 saturated carbocycles. The first-order valence-corrected chi connectivity index (χ1v) is 7.72. The average Bonchev–Trinajstić information content (AvgIpc) is 2.46. The van der Waals surface area contributed by atoms with Gasteiger partial charge in [-0.3, -0.25) is 0 Å². The Bertz CT molecular complexity index is 394. The third-order valence-corrected chi connectivity index (χ3v) is 4.25. The van der Waals surface area contributed by atoms with Gasteiger partial charge in [-0.1, -0.05) is 6.07 Å². The average molecular weight is 283 g/mol. The zero-order valence-corrected chi connectivity index (χ0v) is 12.1. The van der Waals surface area contributed by atoms with Crippen LogP contribution in [0.4, 0.5) is 0 Å². The van der Waals surface area contributed by atoms with Crippen molar-refractivity contribution in [2.24, 2.45) is 5.90 Å². The number of thioether (sulfide) groups is 1. The minimum atomic E-state index is 0.302. The van der Waals surface area contributed by atoms with E-state index in [0.29, 0.717) is 12.7 Å². The quantitative estimate of drug-likeness (QED) is 0.813. The van der Waals surface area contributed by atoms with Crippen LogP contribution in [0.25, 0.3) is 0 Å². The number of hydrogen-bond acceptors (Lipinski definition) is 5. The normalized spacial score (nSPS) is 16.3. The van der Waals surface area contributed by atoms with E-state index in [9.17, 15) is 0 Å². The molecule has 1 aliphatic heterocycles. The van der Waals surface area contributed by atoms with E-state index >= 15 is 0 Å². The number of hydrogen-bond donors (Lipinski definition) is 1. The second kappa shape index (κ2) is 7.62. The van der Waals surface area contributed by atoms with Crippen molar-refractivity contribution in [3.63, 3.8) is 0 Å². The fraction of sp³-hybridized carbons (Fsp3) is 0.571. The summed E-state index contributed by atoms with van der Waals surface area (Å²) in [5.74, 6) is 9.03. The minimum Gasteiger partial charge on any atom is -0.493 e. The SMILES string of the molecule is COc1ccc(CCON)cc1OC1CCSCC1. The highest BCUT2D eigenvalue weighted by atomic mass is 32.2. The molecule has 1 fully saturated rings. The highest BCUT2D eigenvalue weighted by molar-refractivity contribution is 7.99. The number of methoxy groups -OCH3 is 1. The van der Waals surface area contributed by atoms with E-state index in [4.69, 9.17) is 15.4 Å². The van der Waals surface area contributed by atoms with Crippen molar-refractivity contribution in [3.05, 3.63) is 23.8 Å². The molecule has 0 unspecified atom stereocenters. The van der Waals surface area contributed by atoms with E-state index in [1.54, 1.807) is 7.11 Å². The van der Waals surface area contributed by atoms with Gasteiger partial charge in [-0.05, 0) is 48.5 Å². The van der Waals surface area contributed by atoms with Crippen LogP contribution in [-0.2, 0) is 11.3 Å². The van der Waals surface area contributed by atoms with Gasteiger partial charge in [0.05, 0.1) is 13.7 Å². The number of benzene rings is 1. The molecule has 4 nitrogen and oxygen atoms in total. The van der Waals surface area contributed by atoms with Crippen LogP contribution in [0.1, 0.15) is 18.4 Å². The Morgan fingerprint density at radius 3 is 2.74 bits per heavy atom. The Morgan fingerprint density at radius 2 is 2.05 bits per heavy atom. The van der Waals surface area contributed by atoms with Crippen LogP contribution in [0.5, 0.6) is 11.5 Å². The van der Waals surface area contributed by atoms with Crippen molar-refractivity contribution >= 4 is 11.8 Å². The van der Waals surface area contributed by atoms with Gasteiger partial charge >= 0.3 is 0 Å². The molecule has 1 aliphatic rings. The molecule has 19 heavy (non-hydrogen) atoms. The summed E-state index contributed by atoms with van der Waals surface area (Å²) >= 11 is 1.99. The van der Waals surface area contributed by atoms with Gasteiger partial charge < -0.3 is 14.3 Å². The molecular weight excluding hydrogens is 262 g/mol. The molecule has 0 aliphatic carbocycles. The lowest BCUT2D eigenvalue weighted by Gasteiger charge is -2.24. The first kappa shape index (κ1) is 14.5. The lowest BCUT2D eigenvalue weighted by Crippen LogP contribution is -2.22. The van der Waals surface area contributed by atoms with E-state index < -0.39 is 0 Å². The highest BCUT2D eigenvalue weighted by Gasteiger charge is 2.17. The Balaban J connectivity index is 2.06. The molecule has 0 atom stereocenters. The molecule has 0 bridgehead atoms. The Kier molecular flexibility index (Phi) is 5.82. The van der Waals surface area contributed by atoms with Crippen molar-refractivity contribution < 1.29 is 14.3 Å². The maximum absolute atomic E-state index is 6.09. The first-order valence-electron chi connectivity index (χ1n) is 6.56. The molecule has 0 aromatic heterocycles. The summed E-state index contributed by atoms with van der Waals surface area (Å²) in [6.45, 7) is 0.506. The van der Waals surface area contributed by atoms with Gasteiger partial charge in [0.15, 0.2) is 11.5 Å². The molecule has 0 amide bonds. The Hall–Kier alpha value is -0.910. The van der Waals surface area contributed by atoms with Crippen molar-refractivity contribution in [2.45, 2.75) is 25.4 Å². The zero-order chi connectivity index (χ0) is 13.5.